The number of carbonyl (C=O) groups excluding carboxylic acids is 1. The van der Waals surface area contributed by atoms with E-state index in [4.69, 9.17) is 0 Å². The number of anilines is 2. The van der Waals surface area contributed by atoms with Crippen LogP contribution in [0.1, 0.15) is 18.4 Å². The highest BCUT2D eigenvalue weighted by molar-refractivity contribution is 7.92. The Labute approximate surface area is 194 Å². The number of carbonyl (C=O) groups is 1. The first-order valence-electron chi connectivity index (χ1n) is 11.1. The molecule has 1 N–H and O–H groups in total. The number of rotatable bonds is 3. The number of hydrogen-bond acceptors (Lipinski definition) is 3. The van der Waals surface area contributed by atoms with Crippen LogP contribution in [0.25, 0.3) is 11.1 Å². The van der Waals surface area contributed by atoms with E-state index in [0.29, 0.717) is 19.6 Å². The van der Waals surface area contributed by atoms with Crippen LogP contribution in [-0.4, -0.2) is 45.2 Å². The number of amides is 2. The van der Waals surface area contributed by atoms with Crippen molar-refractivity contribution in [1.29, 1.82) is 0 Å². The molecule has 5 rings (SSSR count). The Morgan fingerprint density at radius 1 is 0.879 bits per heavy atom. The van der Waals surface area contributed by atoms with E-state index in [2.05, 4.69) is 5.32 Å². The summed E-state index contributed by atoms with van der Waals surface area (Å²) in [7, 11) is -3.35. The fraction of sp³-hybridized carbons (Fsp3) is 0.269. The predicted molar refractivity (Wildman–Crippen MR) is 132 cm³/mol. The topological polar surface area (TPSA) is 69.7 Å². The van der Waals surface area contributed by atoms with Crippen LogP contribution in [0.4, 0.5) is 16.2 Å². The van der Waals surface area contributed by atoms with Gasteiger partial charge in [0.05, 0.1) is 11.9 Å². The van der Waals surface area contributed by atoms with E-state index in [0.717, 1.165) is 40.9 Å². The van der Waals surface area contributed by atoms with Crippen molar-refractivity contribution in [3.63, 3.8) is 0 Å². The maximum absolute atomic E-state index is 13.0. The molecule has 1 saturated heterocycles. The van der Waals surface area contributed by atoms with Crippen LogP contribution in [0, 0.1) is 0 Å². The number of benzene rings is 3. The van der Waals surface area contributed by atoms with Gasteiger partial charge in [0.15, 0.2) is 0 Å². The third-order valence-electron chi connectivity index (χ3n) is 6.82. The van der Waals surface area contributed by atoms with E-state index < -0.39 is 10.0 Å². The summed E-state index contributed by atoms with van der Waals surface area (Å²) in [6, 6.07) is 25.5. The zero-order chi connectivity index (χ0) is 23.1. The molecule has 6 nitrogen and oxygen atoms in total. The first kappa shape index (κ1) is 21.5. The maximum atomic E-state index is 13.0. The second kappa shape index (κ2) is 8.23. The molecule has 7 heteroatoms. The Morgan fingerprint density at radius 2 is 1.55 bits per heavy atom. The van der Waals surface area contributed by atoms with Crippen molar-refractivity contribution in [3.8, 4) is 11.1 Å². The minimum atomic E-state index is -3.35. The van der Waals surface area contributed by atoms with Gasteiger partial charge >= 0.3 is 6.03 Å². The maximum Gasteiger partial charge on any atom is 0.321 e. The van der Waals surface area contributed by atoms with Crippen LogP contribution in [0.15, 0.2) is 78.9 Å². The van der Waals surface area contributed by atoms with Crippen molar-refractivity contribution in [2.24, 2.45) is 0 Å². The van der Waals surface area contributed by atoms with E-state index in [1.54, 1.807) is 0 Å². The van der Waals surface area contributed by atoms with Crippen molar-refractivity contribution in [3.05, 3.63) is 84.4 Å². The lowest BCUT2D eigenvalue weighted by molar-refractivity contribution is 0.173. The smallest absolute Gasteiger partial charge is 0.321 e. The summed E-state index contributed by atoms with van der Waals surface area (Å²) in [5, 5.41) is 3.03. The predicted octanol–water partition coefficient (Wildman–Crippen LogP) is 4.70. The number of likely N-dealkylation sites (tertiary alicyclic amines) is 1. The molecule has 33 heavy (non-hydrogen) atoms. The van der Waals surface area contributed by atoms with E-state index in [9.17, 15) is 13.2 Å². The van der Waals surface area contributed by atoms with Crippen molar-refractivity contribution < 1.29 is 13.2 Å². The first-order valence-corrected chi connectivity index (χ1v) is 13.0. The largest absolute Gasteiger partial charge is 0.324 e. The third-order valence-corrected chi connectivity index (χ3v) is 7.95. The van der Waals surface area contributed by atoms with E-state index >= 15 is 0 Å². The minimum absolute atomic E-state index is 0.124. The summed E-state index contributed by atoms with van der Waals surface area (Å²) in [4.78, 5) is 14.8. The van der Waals surface area contributed by atoms with Gasteiger partial charge < -0.3 is 10.2 Å². The summed E-state index contributed by atoms with van der Waals surface area (Å²) in [5.41, 5.74) is 4.51. The molecule has 2 amide bonds. The molecule has 2 aliphatic rings. The van der Waals surface area contributed by atoms with Crippen LogP contribution in [0.2, 0.25) is 0 Å². The van der Waals surface area contributed by atoms with Crippen LogP contribution in [0.5, 0.6) is 0 Å². The van der Waals surface area contributed by atoms with Gasteiger partial charge in [0, 0.05) is 30.7 Å². The minimum Gasteiger partial charge on any atom is -0.324 e. The van der Waals surface area contributed by atoms with Gasteiger partial charge in [-0.1, -0.05) is 60.7 Å². The number of para-hydroxylation sites is 1. The Morgan fingerprint density at radius 3 is 2.27 bits per heavy atom. The molecule has 3 aromatic carbocycles. The second-order valence-corrected chi connectivity index (χ2v) is 10.8. The Hall–Kier alpha value is -3.32. The molecule has 0 atom stereocenters. The zero-order valence-electron chi connectivity index (χ0n) is 18.6. The Kier molecular flexibility index (Phi) is 5.37. The van der Waals surface area contributed by atoms with Gasteiger partial charge in [-0.15, -0.1) is 0 Å². The number of sulfonamides is 1. The number of fused-ring (bicyclic) bond motifs is 2. The standard InChI is InChI=1S/C26H27N3O3S/c1-33(31,32)29-19-26(23-12-5-6-13-24(23)29)14-16-28(17-15-26)25(30)27-22-11-7-10-21(18-22)20-8-3-2-4-9-20/h2-13,18H,14-17,19H2,1H3,(H,27,30). The van der Waals surface area contributed by atoms with Gasteiger partial charge in [-0.2, -0.15) is 0 Å². The fourth-order valence-corrected chi connectivity index (χ4v) is 6.05. The highest BCUT2D eigenvalue weighted by Crippen LogP contribution is 2.47. The van der Waals surface area contributed by atoms with Crippen LogP contribution < -0.4 is 9.62 Å². The van der Waals surface area contributed by atoms with Gasteiger partial charge in [0.2, 0.25) is 10.0 Å². The van der Waals surface area contributed by atoms with Crippen LogP contribution >= 0.6 is 0 Å². The summed E-state index contributed by atoms with van der Waals surface area (Å²) in [6.45, 7) is 1.60. The molecule has 2 aliphatic heterocycles. The molecule has 0 unspecified atom stereocenters. The van der Waals surface area contributed by atoms with Crippen molar-refractivity contribution in [1.82, 2.24) is 4.90 Å². The quantitative estimate of drug-likeness (QED) is 0.615. The molecule has 3 aromatic rings. The monoisotopic (exact) mass is 461 g/mol. The number of nitrogens with one attached hydrogen (secondary N) is 1. The molecule has 0 bridgehead atoms. The number of piperidine rings is 1. The van der Waals surface area contributed by atoms with Gasteiger partial charge in [-0.3, -0.25) is 4.31 Å². The highest BCUT2D eigenvalue weighted by atomic mass is 32.2. The Balaban J connectivity index is 1.29. The van der Waals surface area contributed by atoms with E-state index in [1.807, 2.05) is 83.8 Å². The summed E-state index contributed by atoms with van der Waals surface area (Å²) in [6.07, 6.45) is 2.72. The highest BCUT2D eigenvalue weighted by Gasteiger charge is 2.47. The molecule has 0 aliphatic carbocycles. The number of nitrogens with zero attached hydrogens (tertiary/aromatic N) is 2. The number of urea groups is 1. The van der Waals surface area contributed by atoms with Gasteiger partial charge in [-0.05, 0) is 47.7 Å². The molecule has 0 aromatic heterocycles. The molecule has 0 radical (unpaired) electrons. The normalized spacial score (nSPS) is 17.1. The third kappa shape index (κ3) is 4.09. The van der Waals surface area contributed by atoms with E-state index in [1.165, 1.54) is 10.6 Å². The van der Waals surface area contributed by atoms with E-state index in [-0.39, 0.29) is 11.4 Å². The molecule has 1 fully saturated rings. The van der Waals surface area contributed by atoms with Crippen molar-refractivity contribution >= 4 is 27.4 Å². The molecular formula is C26H27N3O3S. The Bertz CT molecular complexity index is 1280. The summed E-state index contributed by atoms with van der Waals surface area (Å²) >= 11 is 0. The molecular weight excluding hydrogens is 434 g/mol. The average molecular weight is 462 g/mol. The SMILES string of the molecule is CS(=O)(=O)N1CC2(CCN(C(=O)Nc3cccc(-c4ccccc4)c3)CC2)c2ccccc21. The van der Waals surface area contributed by atoms with Gasteiger partial charge in [-0.25, -0.2) is 13.2 Å². The second-order valence-electron chi connectivity index (χ2n) is 8.93. The molecule has 1 spiro atoms. The van der Waals surface area contributed by atoms with Crippen LogP contribution in [-0.2, 0) is 15.4 Å². The molecule has 170 valence electrons. The molecule has 0 saturated carbocycles. The summed E-state index contributed by atoms with van der Waals surface area (Å²) in [5.74, 6) is 0. The fourth-order valence-electron chi connectivity index (χ4n) is 5.06. The molecule has 2 heterocycles. The van der Waals surface area contributed by atoms with Gasteiger partial charge in [0.25, 0.3) is 0 Å². The van der Waals surface area contributed by atoms with Gasteiger partial charge in [0.1, 0.15) is 0 Å². The van der Waals surface area contributed by atoms with Crippen molar-refractivity contribution in [2.75, 3.05) is 35.5 Å². The lowest BCUT2D eigenvalue weighted by Crippen LogP contribution is -2.48. The zero-order valence-corrected chi connectivity index (χ0v) is 19.4. The van der Waals surface area contributed by atoms with Crippen molar-refractivity contribution in [2.45, 2.75) is 18.3 Å². The first-order chi connectivity index (χ1) is 15.9. The lowest BCUT2D eigenvalue weighted by Gasteiger charge is -2.39. The summed E-state index contributed by atoms with van der Waals surface area (Å²) < 4.78 is 26.3. The average Bonchev–Trinajstić information content (AvgIpc) is 3.15. The lowest BCUT2D eigenvalue weighted by atomic mass is 9.74. The number of hydrogen-bond donors (Lipinski definition) is 1. The van der Waals surface area contributed by atoms with Crippen LogP contribution in [0.3, 0.4) is 0 Å².